The fourth-order valence-corrected chi connectivity index (χ4v) is 2.28. The second-order valence-electron chi connectivity index (χ2n) is 6.23. The van der Waals surface area contributed by atoms with E-state index in [1.807, 2.05) is 20.8 Å². The van der Waals surface area contributed by atoms with E-state index in [9.17, 15) is 4.79 Å². The van der Waals surface area contributed by atoms with Gasteiger partial charge in [0.15, 0.2) is 6.33 Å². The van der Waals surface area contributed by atoms with Crippen LogP contribution in [0.4, 0.5) is 0 Å². The highest BCUT2D eigenvalue weighted by Crippen LogP contribution is 2.24. The van der Waals surface area contributed by atoms with Gasteiger partial charge in [-0.1, -0.05) is 5.16 Å². The number of nitrogens with zero attached hydrogens (tertiary/aromatic N) is 2. The van der Waals surface area contributed by atoms with Crippen molar-refractivity contribution >= 4 is 5.97 Å². The van der Waals surface area contributed by atoms with Crippen molar-refractivity contribution in [2.75, 3.05) is 6.61 Å². The number of hydrogen-bond donors (Lipinski definition) is 0. The minimum Gasteiger partial charge on any atom is -0.460 e. The number of hydrogen-bond acceptors (Lipinski definition) is 6. The van der Waals surface area contributed by atoms with Crippen LogP contribution in [0.3, 0.4) is 0 Å². The molecule has 112 valence electrons. The topological polar surface area (TPSA) is 74.5 Å². The van der Waals surface area contributed by atoms with Gasteiger partial charge >= 0.3 is 5.97 Å². The highest BCUT2D eigenvalue weighted by molar-refractivity contribution is 5.70. The Hall–Kier alpha value is -1.43. The molecule has 2 heterocycles. The highest BCUT2D eigenvalue weighted by Gasteiger charge is 2.26. The molecule has 2 rings (SSSR count). The lowest BCUT2D eigenvalue weighted by molar-refractivity contribution is -0.157. The van der Waals surface area contributed by atoms with Gasteiger partial charge in [0, 0.05) is 0 Å². The highest BCUT2D eigenvalue weighted by atomic mass is 16.6. The first-order chi connectivity index (χ1) is 9.42. The second-order valence-corrected chi connectivity index (χ2v) is 6.23. The fraction of sp³-hybridized carbons (Fsp3) is 0.786. The van der Waals surface area contributed by atoms with E-state index in [1.54, 1.807) is 0 Å². The van der Waals surface area contributed by atoms with Crippen LogP contribution in [0, 0.1) is 5.92 Å². The van der Waals surface area contributed by atoms with E-state index in [-0.39, 0.29) is 18.0 Å². The van der Waals surface area contributed by atoms with E-state index in [0.29, 0.717) is 25.3 Å². The Morgan fingerprint density at radius 3 is 2.80 bits per heavy atom. The summed E-state index contributed by atoms with van der Waals surface area (Å²) < 4.78 is 16.1. The molecule has 1 aliphatic heterocycles. The minimum atomic E-state index is -0.424. The Bertz CT molecular complexity index is 417. The molecule has 0 saturated carbocycles. The first-order valence-corrected chi connectivity index (χ1v) is 7.01. The third kappa shape index (κ3) is 4.92. The van der Waals surface area contributed by atoms with Crippen molar-refractivity contribution in [1.29, 1.82) is 0 Å². The molecule has 0 radical (unpaired) electrons. The minimum absolute atomic E-state index is 0.102. The van der Waals surface area contributed by atoms with E-state index >= 15 is 0 Å². The molecule has 0 N–H and O–H groups in total. The molecule has 1 saturated heterocycles. The average molecular weight is 282 g/mol. The first kappa shape index (κ1) is 15.0. The van der Waals surface area contributed by atoms with Gasteiger partial charge in [0.2, 0.25) is 5.89 Å². The number of ether oxygens (including phenoxy) is 2. The third-order valence-corrected chi connectivity index (χ3v) is 3.15. The molecule has 0 aromatic carbocycles. The monoisotopic (exact) mass is 282 g/mol. The number of carbonyl (C=O) groups is 1. The van der Waals surface area contributed by atoms with Crippen LogP contribution in [0.15, 0.2) is 10.9 Å². The van der Waals surface area contributed by atoms with Gasteiger partial charge < -0.3 is 14.0 Å². The molecule has 1 fully saturated rings. The standard InChI is InChI=1S/C14H22N2O4/c1-14(2,3)19-13(17)6-10-4-5-11(18-8-10)7-12-15-9-16-20-12/h9-11H,4-8H2,1-3H3/t10-,11-/m0/s1. The average Bonchev–Trinajstić information content (AvgIpc) is 2.82. The zero-order valence-electron chi connectivity index (χ0n) is 12.3. The van der Waals surface area contributed by atoms with Crippen LogP contribution >= 0.6 is 0 Å². The Balaban J connectivity index is 1.70. The molecule has 20 heavy (non-hydrogen) atoms. The quantitative estimate of drug-likeness (QED) is 0.788. The molecular weight excluding hydrogens is 260 g/mol. The first-order valence-electron chi connectivity index (χ1n) is 7.01. The number of rotatable bonds is 4. The molecule has 0 unspecified atom stereocenters. The summed E-state index contributed by atoms with van der Waals surface area (Å²) in [5.41, 5.74) is -0.424. The van der Waals surface area contributed by atoms with Crippen molar-refractivity contribution in [1.82, 2.24) is 10.1 Å². The summed E-state index contributed by atoms with van der Waals surface area (Å²) in [5.74, 6) is 0.686. The van der Waals surface area contributed by atoms with Crippen molar-refractivity contribution in [2.45, 2.75) is 58.2 Å². The lowest BCUT2D eigenvalue weighted by atomic mass is 9.94. The number of aromatic nitrogens is 2. The zero-order valence-corrected chi connectivity index (χ0v) is 12.3. The SMILES string of the molecule is CC(C)(C)OC(=O)C[C@@H]1CC[C@@H](Cc2ncno2)OC1. The summed E-state index contributed by atoms with van der Waals surface area (Å²) in [4.78, 5) is 15.7. The van der Waals surface area contributed by atoms with Crippen molar-refractivity contribution < 1.29 is 18.8 Å². The summed E-state index contributed by atoms with van der Waals surface area (Å²) in [5, 5.41) is 3.57. The molecular formula is C14H22N2O4. The van der Waals surface area contributed by atoms with Gasteiger partial charge in [0.25, 0.3) is 0 Å². The van der Waals surface area contributed by atoms with E-state index in [2.05, 4.69) is 10.1 Å². The predicted octanol–water partition coefficient (Wildman–Crippen LogP) is 2.14. The normalized spacial score (nSPS) is 23.6. The summed E-state index contributed by atoms with van der Waals surface area (Å²) in [6, 6.07) is 0. The number of esters is 1. The molecule has 0 aliphatic carbocycles. The number of carbonyl (C=O) groups excluding carboxylic acids is 1. The van der Waals surface area contributed by atoms with E-state index in [0.717, 1.165) is 12.8 Å². The zero-order chi connectivity index (χ0) is 14.6. The molecule has 1 aliphatic rings. The Kier molecular flexibility index (Phi) is 4.75. The van der Waals surface area contributed by atoms with Crippen molar-refractivity contribution in [3.63, 3.8) is 0 Å². The predicted molar refractivity (Wildman–Crippen MR) is 70.9 cm³/mol. The smallest absolute Gasteiger partial charge is 0.306 e. The summed E-state index contributed by atoms with van der Waals surface area (Å²) in [6.45, 7) is 6.21. The molecule has 2 atom stereocenters. The van der Waals surface area contributed by atoms with Crippen LogP contribution in [0.5, 0.6) is 0 Å². The van der Waals surface area contributed by atoms with Crippen molar-refractivity contribution in [3.05, 3.63) is 12.2 Å². The Morgan fingerprint density at radius 2 is 2.25 bits per heavy atom. The van der Waals surface area contributed by atoms with Crippen LogP contribution in [0.2, 0.25) is 0 Å². The second kappa shape index (κ2) is 6.35. The maximum atomic E-state index is 11.8. The van der Waals surface area contributed by atoms with Crippen LogP contribution in [-0.2, 0) is 20.7 Å². The fourth-order valence-electron chi connectivity index (χ4n) is 2.28. The molecule has 6 heteroatoms. The van der Waals surface area contributed by atoms with E-state index in [1.165, 1.54) is 6.33 Å². The van der Waals surface area contributed by atoms with E-state index in [4.69, 9.17) is 14.0 Å². The largest absolute Gasteiger partial charge is 0.460 e. The van der Waals surface area contributed by atoms with Crippen LogP contribution in [0.1, 0.15) is 45.9 Å². The Morgan fingerprint density at radius 1 is 1.45 bits per heavy atom. The van der Waals surface area contributed by atoms with Crippen molar-refractivity contribution in [2.24, 2.45) is 5.92 Å². The summed E-state index contributed by atoms with van der Waals surface area (Å²) in [7, 11) is 0. The molecule has 0 amide bonds. The van der Waals surface area contributed by atoms with Gasteiger partial charge in [-0.25, -0.2) is 0 Å². The van der Waals surface area contributed by atoms with Gasteiger partial charge in [0.1, 0.15) is 5.60 Å². The van der Waals surface area contributed by atoms with E-state index < -0.39 is 5.60 Å². The van der Waals surface area contributed by atoms with Crippen LogP contribution in [-0.4, -0.2) is 34.4 Å². The maximum Gasteiger partial charge on any atom is 0.306 e. The molecule has 0 bridgehead atoms. The molecule has 1 aromatic rings. The van der Waals surface area contributed by atoms with Crippen molar-refractivity contribution in [3.8, 4) is 0 Å². The van der Waals surface area contributed by atoms with Crippen LogP contribution in [0.25, 0.3) is 0 Å². The van der Waals surface area contributed by atoms with Gasteiger partial charge in [0.05, 0.1) is 25.6 Å². The molecule has 0 spiro atoms. The summed E-state index contributed by atoms with van der Waals surface area (Å²) >= 11 is 0. The van der Waals surface area contributed by atoms with Gasteiger partial charge in [-0.05, 0) is 39.5 Å². The van der Waals surface area contributed by atoms with Gasteiger partial charge in [-0.2, -0.15) is 4.98 Å². The summed E-state index contributed by atoms with van der Waals surface area (Å²) in [6.07, 6.45) is 4.41. The Labute approximate surface area is 118 Å². The van der Waals surface area contributed by atoms with Gasteiger partial charge in [-0.15, -0.1) is 0 Å². The van der Waals surface area contributed by atoms with Gasteiger partial charge in [-0.3, -0.25) is 4.79 Å². The van der Waals surface area contributed by atoms with Crippen LogP contribution < -0.4 is 0 Å². The maximum absolute atomic E-state index is 11.8. The molecule has 1 aromatic heterocycles. The lowest BCUT2D eigenvalue weighted by Crippen LogP contribution is -2.31. The lowest BCUT2D eigenvalue weighted by Gasteiger charge is -2.28. The third-order valence-electron chi connectivity index (χ3n) is 3.15. The molecule has 6 nitrogen and oxygen atoms in total.